The Bertz CT molecular complexity index is 1030. The fraction of sp³-hybridized carbons (Fsp3) is 0.118. The fourth-order valence-corrected chi connectivity index (χ4v) is 2.72. The van der Waals surface area contributed by atoms with Gasteiger partial charge in [-0.2, -0.15) is 0 Å². The van der Waals surface area contributed by atoms with E-state index in [0.717, 1.165) is 11.0 Å². The van der Waals surface area contributed by atoms with Crippen LogP contribution in [0.15, 0.2) is 36.4 Å². The Balaban J connectivity index is 1.70. The highest BCUT2D eigenvalue weighted by Crippen LogP contribution is 2.35. The number of aromatic hydroxyl groups is 1. The number of non-ortho nitro benzene ring substituents is 1. The van der Waals surface area contributed by atoms with Crippen LogP contribution < -0.4 is 20.5 Å². The van der Waals surface area contributed by atoms with Gasteiger partial charge in [0.25, 0.3) is 23.4 Å². The van der Waals surface area contributed by atoms with E-state index < -0.39 is 29.2 Å². The SMILES string of the molecule is O=C(CN1C(=O)COc2ccc([N+](=O)[O-])cc21)NNC(=O)c1cc(Cl)ccc1O. The second kappa shape index (κ2) is 8.02. The summed E-state index contributed by atoms with van der Waals surface area (Å²) in [4.78, 5) is 47.7. The highest BCUT2D eigenvalue weighted by Gasteiger charge is 2.29. The van der Waals surface area contributed by atoms with Crippen LogP contribution in [-0.4, -0.2) is 40.9 Å². The molecule has 0 saturated heterocycles. The highest BCUT2D eigenvalue weighted by atomic mass is 35.5. The molecule has 2 aromatic rings. The Morgan fingerprint density at radius 2 is 2.00 bits per heavy atom. The molecule has 0 radical (unpaired) electrons. The van der Waals surface area contributed by atoms with Crippen molar-refractivity contribution in [2.24, 2.45) is 0 Å². The van der Waals surface area contributed by atoms with Crippen LogP contribution in [0, 0.1) is 10.1 Å². The van der Waals surface area contributed by atoms with Gasteiger partial charge in [-0.15, -0.1) is 0 Å². The van der Waals surface area contributed by atoms with E-state index in [0.29, 0.717) is 0 Å². The van der Waals surface area contributed by atoms with E-state index in [9.17, 15) is 29.6 Å². The van der Waals surface area contributed by atoms with Crippen molar-refractivity contribution in [1.29, 1.82) is 0 Å². The van der Waals surface area contributed by atoms with Gasteiger partial charge in [0, 0.05) is 17.2 Å². The zero-order valence-corrected chi connectivity index (χ0v) is 15.3. The summed E-state index contributed by atoms with van der Waals surface area (Å²) in [6.45, 7) is -0.876. The molecule has 11 nitrogen and oxygen atoms in total. The fourth-order valence-electron chi connectivity index (χ4n) is 2.54. The molecule has 1 aliphatic rings. The zero-order valence-electron chi connectivity index (χ0n) is 14.5. The summed E-state index contributed by atoms with van der Waals surface area (Å²) >= 11 is 5.77. The lowest BCUT2D eigenvalue weighted by molar-refractivity contribution is -0.384. The number of nitrogens with zero attached hydrogens (tertiary/aromatic N) is 2. The van der Waals surface area contributed by atoms with Gasteiger partial charge in [-0.25, -0.2) is 0 Å². The van der Waals surface area contributed by atoms with Crippen molar-refractivity contribution in [2.75, 3.05) is 18.1 Å². The minimum absolute atomic E-state index is 0.0596. The van der Waals surface area contributed by atoms with Gasteiger partial charge in [0.2, 0.25) is 0 Å². The minimum atomic E-state index is -0.831. The second-order valence-corrected chi connectivity index (χ2v) is 6.28. The minimum Gasteiger partial charge on any atom is -0.507 e. The molecule has 0 fully saturated rings. The van der Waals surface area contributed by atoms with Gasteiger partial charge < -0.3 is 9.84 Å². The number of phenolic OH excluding ortho intramolecular Hbond substituents is 1. The topological polar surface area (TPSA) is 151 Å². The third-order valence-electron chi connectivity index (χ3n) is 3.92. The summed E-state index contributed by atoms with van der Waals surface area (Å²) in [5, 5.41) is 20.9. The molecule has 0 saturated carbocycles. The van der Waals surface area contributed by atoms with Crippen LogP contribution in [-0.2, 0) is 9.59 Å². The summed E-state index contributed by atoms with van der Waals surface area (Å²) in [7, 11) is 0. The van der Waals surface area contributed by atoms with E-state index in [1.165, 1.54) is 30.3 Å². The van der Waals surface area contributed by atoms with Gasteiger partial charge in [-0.1, -0.05) is 11.6 Å². The van der Waals surface area contributed by atoms with Crippen molar-refractivity contribution < 1.29 is 29.2 Å². The van der Waals surface area contributed by atoms with E-state index in [2.05, 4.69) is 10.9 Å². The molecule has 29 heavy (non-hydrogen) atoms. The summed E-state index contributed by atoms with van der Waals surface area (Å²) < 4.78 is 5.21. The maximum Gasteiger partial charge on any atom is 0.273 e. The first-order valence-corrected chi connectivity index (χ1v) is 8.43. The summed E-state index contributed by atoms with van der Waals surface area (Å²) in [6, 6.07) is 7.46. The molecular weight excluding hydrogens is 408 g/mol. The number of anilines is 1. The van der Waals surface area contributed by atoms with Crippen molar-refractivity contribution in [3.8, 4) is 11.5 Å². The molecule has 3 amide bonds. The number of carbonyl (C=O) groups is 3. The number of rotatable bonds is 4. The number of carbonyl (C=O) groups excluding carboxylic acids is 3. The van der Waals surface area contributed by atoms with Crippen molar-refractivity contribution in [3.05, 3.63) is 57.1 Å². The molecule has 1 heterocycles. The molecule has 2 aromatic carbocycles. The van der Waals surface area contributed by atoms with Gasteiger partial charge in [-0.05, 0) is 24.3 Å². The number of phenols is 1. The maximum absolute atomic E-state index is 12.2. The van der Waals surface area contributed by atoms with Crippen LogP contribution in [0.4, 0.5) is 11.4 Å². The van der Waals surface area contributed by atoms with E-state index in [1.54, 1.807) is 0 Å². The number of halogens is 1. The average Bonchev–Trinajstić information content (AvgIpc) is 2.69. The van der Waals surface area contributed by atoms with Gasteiger partial charge in [0.1, 0.15) is 18.0 Å². The van der Waals surface area contributed by atoms with Crippen LogP contribution in [0.25, 0.3) is 0 Å². The summed E-state index contributed by atoms with van der Waals surface area (Å²) in [5.41, 5.74) is 3.81. The van der Waals surface area contributed by atoms with Gasteiger partial charge in [0.15, 0.2) is 6.61 Å². The Morgan fingerprint density at radius 3 is 2.72 bits per heavy atom. The van der Waals surface area contributed by atoms with E-state index in [-0.39, 0.29) is 40.1 Å². The van der Waals surface area contributed by atoms with Crippen LogP contribution in [0.3, 0.4) is 0 Å². The maximum atomic E-state index is 12.2. The van der Waals surface area contributed by atoms with E-state index in [4.69, 9.17) is 16.3 Å². The first-order chi connectivity index (χ1) is 13.8. The van der Waals surface area contributed by atoms with Crippen molar-refractivity contribution >= 4 is 40.7 Å². The molecule has 0 unspecified atom stereocenters. The molecular formula is C17H13ClN4O7. The molecule has 3 rings (SSSR count). The van der Waals surface area contributed by atoms with E-state index >= 15 is 0 Å². The molecule has 0 bridgehead atoms. The van der Waals surface area contributed by atoms with Crippen LogP contribution in [0.5, 0.6) is 11.5 Å². The smallest absolute Gasteiger partial charge is 0.273 e. The number of hydrogen-bond acceptors (Lipinski definition) is 7. The highest BCUT2D eigenvalue weighted by molar-refractivity contribution is 6.31. The largest absolute Gasteiger partial charge is 0.507 e. The normalized spacial score (nSPS) is 12.6. The van der Waals surface area contributed by atoms with Crippen LogP contribution >= 0.6 is 11.6 Å². The monoisotopic (exact) mass is 420 g/mol. The third kappa shape index (κ3) is 4.35. The quantitative estimate of drug-likeness (QED) is 0.495. The molecule has 150 valence electrons. The second-order valence-electron chi connectivity index (χ2n) is 5.84. The molecule has 0 atom stereocenters. The van der Waals surface area contributed by atoms with Crippen LogP contribution in [0.2, 0.25) is 5.02 Å². The first-order valence-electron chi connectivity index (χ1n) is 8.05. The standard InChI is InChI=1S/C17H13ClN4O7/c18-9-1-3-13(23)11(5-9)17(26)20-19-15(24)7-21-12-6-10(22(27)28)2-4-14(12)29-8-16(21)25/h1-6,23H,7-8H2,(H,19,24)(H,20,26). The number of amides is 3. The Hall–Kier alpha value is -3.86. The van der Waals surface area contributed by atoms with Gasteiger partial charge in [0.05, 0.1) is 16.2 Å². The van der Waals surface area contributed by atoms with E-state index in [1.807, 2.05) is 0 Å². The van der Waals surface area contributed by atoms with Crippen molar-refractivity contribution in [3.63, 3.8) is 0 Å². The van der Waals surface area contributed by atoms with Gasteiger partial charge >= 0.3 is 0 Å². The zero-order chi connectivity index (χ0) is 21.1. The lowest BCUT2D eigenvalue weighted by Gasteiger charge is -2.28. The van der Waals surface area contributed by atoms with Crippen LogP contribution in [0.1, 0.15) is 10.4 Å². The Morgan fingerprint density at radius 1 is 1.24 bits per heavy atom. The predicted octanol–water partition coefficient (Wildman–Crippen LogP) is 1.14. The third-order valence-corrected chi connectivity index (χ3v) is 4.15. The molecule has 1 aliphatic heterocycles. The molecule has 12 heteroatoms. The molecule has 3 N–H and O–H groups in total. The number of hydrogen-bond donors (Lipinski definition) is 3. The number of nitro groups is 1. The number of benzene rings is 2. The first kappa shape index (κ1) is 19.9. The van der Waals surface area contributed by atoms with Crippen molar-refractivity contribution in [1.82, 2.24) is 10.9 Å². The Labute approximate surface area is 167 Å². The summed E-state index contributed by atoms with van der Waals surface area (Å²) in [5.74, 6) is -2.34. The molecule has 0 spiro atoms. The number of ether oxygens (including phenoxy) is 1. The number of hydrazine groups is 1. The predicted molar refractivity (Wildman–Crippen MR) is 99.7 cm³/mol. The lowest BCUT2D eigenvalue weighted by Crippen LogP contribution is -2.49. The van der Waals surface area contributed by atoms with Gasteiger partial charge in [-0.3, -0.25) is 40.2 Å². The molecule has 0 aliphatic carbocycles. The average molecular weight is 421 g/mol. The number of nitro benzene ring substituents is 1. The number of nitrogens with one attached hydrogen (secondary N) is 2. The molecule has 0 aromatic heterocycles. The lowest BCUT2D eigenvalue weighted by atomic mass is 10.2. The van der Waals surface area contributed by atoms with Crippen molar-refractivity contribution in [2.45, 2.75) is 0 Å². The Kier molecular flexibility index (Phi) is 5.50. The number of fused-ring (bicyclic) bond motifs is 1. The summed E-state index contributed by atoms with van der Waals surface area (Å²) in [6.07, 6.45) is 0.